The number of carboxylic acid groups (broad SMARTS) is 1. The van der Waals surface area contributed by atoms with Gasteiger partial charge in [0.25, 0.3) is 0 Å². The van der Waals surface area contributed by atoms with Crippen LogP contribution in [0.3, 0.4) is 0 Å². The lowest BCUT2D eigenvalue weighted by atomic mass is 10.2. The summed E-state index contributed by atoms with van der Waals surface area (Å²) in [5.41, 5.74) is 1.16. The third-order valence-electron chi connectivity index (χ3n) is 2.39. The molecule has 1 aromatic rings. The third kappa shape index (κ3) is 4.38. The zero-order valence-electron chi connectivity index (χ0n) is 9.32. The van der Waals surface area contributed by atoms with Crippen LogP contribution in [0.5, 0.6) is 0 Å². The van der Waals surface area contributed by atoms with E-state index in [0.717, 1.165) is 18.8 Å². The Morgan fingerprint density at radius 3 is 2.50 bits per heavy atom. The average Bonchev–Trinajstić information content (AvgIpc) is 2.26. The Kier molecular flexibility index (Phi) is 5.59. The summed E-state index contributed by atoms with van der Waals surface area (Å²) in [7, 11) is 0. The molecule has 0 aliphatic rings. The van der Waals surface area contributed by atoms with E-state index in [4.69, 9.17) is 5.11 Å². The van der Waals surface area contributed by atoms with Gasteiger partial charge in [-0.2, -0.15) is 0 Å². The van der Waals surface area contributed by atoms with Crippen LogP contribution in [0.4, 0.5) is 5.69 Å². The number of rotatable bonds is 6. The number of anilines is 1. The first-order chi connectivity index (χ1) is 7.63. The van der Waals surface area contributed by atoms with Crippen LogP contribution in [0, 0.1) is 3.57 Å². The molecule has 0 saturated heterocycles. The van der Waals surface area contributed by atoms with E-state index in [1.54, 1.807) is 0 Å². The van der Waals surface area contributed by atoms with E-state index in [1.165, 1.54) is 3.57 Å². The predicted molar refractivity (Wildman–Crippen MR) is 73.9 cm³/mol. The normalized spacial score (nSPS) is 10.1. The lowest BCUT2D eigenvalue weighted by Gasteiger charge is -2.22. The molecule has 1 N–H and O–H groups in total. The van der Waals surface area contributed by atoms with Gasteiger partial charge in [-0.3, -0.25) is 4.79 Å². The van der Waals surface area contributed by atoms with Gasteiger partial charge in [0, 0.05) is 28.8 Å². The molecule has 16 heavy (non-hydrogen) atoms. The standard InChI is InChI=1S/C12H16INO2/c1-2-14(9-3-4-12(15)16)11-7-5-10(13)6-8-11/h5-8H,2-4,9H2,1H3,(H,15,16). The van der Waals surface area contributed by atoms with E-state index in [2.05, 4.69) is 58.7 Å². The maximum absolute atomic E-state index is 10.4. The second-order valence-corrected chi connectivity index (χ2v) is 4.80. The summed E-state index contributed by atoms with van der Waals surface area (Å²) < 4.78 is 1.21. The summed E-state index contributed by atoms with van der Waals surface area (Å²) in [4.78, 5) is 12.6. The minimum atomic E-state index is -0.723. The number of nitrogens with zero attached hydrogens (tertiary/aromatic N) is 1. The second-order valence-electron chi connectivity index (χ2n) is 3.55. The van der Waals surface area contributed by atoms with Crippen molar-refractivity contribution >= 4 is 34.2 Å². The molecule has 0 unspecified atom stereocenters. The molecule has 88 valence electrons. The van der Waals surface area contributed by atoms with Crippen molar-refractivity contribution in [3.05, 3.63) is 27.8 Å². The van der Waals surface area contributed by atoms with Crippen molar-refractivity contribution in [2.24, 2.45) is 0 Å². The number of carbonyl (C=O) groups is 1. The smallest absolute Gasteiger partial charge is 0.303 e. The molecule has 0 heterocycles. The fourth-order valence-corrected chi connectivity index (χ4v) is 1.90. The minimum Gasteiger partial charge on any atom is -0.481 e. The highest BCUT2D eigenvalue weighted by atomic mass is 127. The molecule has 3 nitrogen and oxygen atoms in total. The molecule has 0 atom stereocenters. The molecule has 1 aromatic carbocycles. The van der Waals surface area contributed by atoms with E-state index < -0.39 is 5.97 Å². The van der Waals surface area contributed by atoms with Crippen LogP contribution in [-0.2, 0) is 4.79 Å². The lowest BCUT2D eigenvalue weighted by molar-refractivity contribution is -0.137. The van der Waals surface area contributed by atoms with Gasteiger partial charge in [0.2, 0.25) is 0 Å². The van der Waals surface area contributed by atoms with Gasteiger partial charge in [-0.25, -0.2) is 0 Å². The molecule has 0 amide bonds. The first kappa shape index (κ1) is 13.3. The molecule has 0 aromatic heterocycles. The largest absolute Gasteiger partial charge is 0.481 e. The van der Waals surface area contributed by atoms with Gasteiger partial charge in [0.1, 0.15) is 0 Å². The number of hydrogen-bond donors (Lipinski definition) is 1. The van der Waals surface area contributed by atoms with Crippen molar-refractivity contribution in [1.29, 1.82) is 0 Å². The SMILES string of the molecule is CCN(CCCC(=O)O)c1ccc(I)cc1. The molecule has 0 fully saturated rings. The van der Waals surface area contributed by atoms with Crippen LogP contribution >= 0.6 is 22.6 Å². The maximum atomic E-state index is 10.4. The first-order valence-corrected chi connectivity index (χ1v) is 6.43. The Balaban J connectivity index is 2.53. The molecule has 0 bridgehead atoms. The van der Waals surface area contributed by atoms with Gasteiger partial charge in [0.05, 0.1) is 0 Å². The topological polar surface area (TPSA) is 40.5 Å². The number of benzene rings is 1. The second kappa shape index (κ2) is 6.73. The first-order valence-electron chi connectivity index (χ1n) is 5.35. The number of hydrogen-bond acceptors (Lipinski definition) is 2. The van der Waals surface area contributed by atoms with Gasteiger partial charge >= 0.3 is 5.97 Å². The van der Waals surface area contributed by atoms with Crippen LogP contribution in [0.1, 0.15) is 19.8 Å². The van der Waals surface area contributed by atoms with Crippen molar-refractivity contribution in [2.75, 3.05) is 18.0 Å². The quantitative estimate of drug-likeness (QED) is 0.814. The molecule has 0 spiro atoms. The Bertz CT molecular complexity index is 337. The van der Waals surface area contributed by atoms with Gasteiger partial charge in [-0.1, -0.05) is 0 Å². The van der Waals surface area contributed by atoms with Crippen LogP contribution < -0.4 is 4.90 Å². The Hall–Kier alpha value is -0.780. The molecule has 0 radical (unpaired) electrons. The van der Waals surface area contributed by atoms with Crippen LogP contribution in [0.15, 0.2) is 24.3 Å². The highest BCUT2D eigenvalue weighted by molar-refractivity contribution is 14.1. The van der Waals surface area contributed by atoms with Crippen molar-refractivity contribution in [3.8, 4) is 0 Å². The number of carboxylic acids is 1. The number of halogens is 1. The number of aliphatic carboxylic acids is 1. The molecule has 0 aliphatic carbocycles. The van der Waals surface area contributed by atoms with E-state index in [0.29, 0.717) is 6.42 Å². The highest BCUT2D eigenvalue weighted by Crippen LogP contribution is 2.16. The Morgan fingerprint density at radius 2 is 2.00 bits per heavy atom. The van der Waals surface area contributed by atoms with Crippen molar-refractivity contribution < 1.29 is 9.90 Å². The fourth-order valence-electron chi connectivity index (χ4n) is 1.54. The maximum Gasteiger partial charge on any atom is 0.303 e. The van der Waals surface area contributed by atoms with Crippen LogP contribution in [0.2, 0.25) is 0 Å². The lowest BCUT2D eigenvalue weighted by Crippen LogP contribution is -2.24. The van der Waals surface area contributed by atoms with E-state index >= 15 is 0 Å². The third-order valence-corrected chi connectivity index (χ3v) is 3.11. The predicted octanol–water partition coefficient (Wildman–Crippen LogP) is 2.98. The van der Waals surface area contributed by atoms with E-state index in [-0.39, 0.29) is 6.42 Å². The van der Waals surface area contributed by atoms with Gasteiger partial charge < -0.3 is 10.0 Å². The summed E-state index contributed by atoms with van der Waals surface area (Å²) in [6.07, 6.45) is 0.927. The molecule has 1 rings (SSSR count). The van der Waals surface area contributed by atoms with Crippen LogP contribution in [-0.4, -0.2) is 24.2 Å². The van der Waals surface area contributed by atoms with E-state index in [1.807, 2.05) is 0 Å². The highest BCUT2D eigenvalue weighted by Gasteiger charge is 2.05. The van der Waals surface area contributed by atoms with Gasteiger partial charge in [0.15, 0.2) is 0 Å². The molecular weight excluding hydrogens is 317 g/mol. The zero-order chi connectivity index (χ0) is 12.0. The molecule has 0 saturated carbocycles. The summed E-state index contributed by atoms with van der Waals surface area (Å²) in [6, 6.07) is 8.28. The summed E-state index contributed by atoms with van der Waals surface area (Å²) in [6.45, 7) is 3.78. The molecular formula is C12H16INO2. The van der Waals surface area contributed by atoms with Crippen molar-refractivity contribution in [3.63, 3.8) is 0 Å². The van der Waals surface area contributed by atoms with E-state index in [9.17, 15) is 4.79 Å². The zero-order valence-corrected chi connectivity index (χ0v) is 11.5. The monoisotopic (exact) mass is 333 g/mol. The Morgan fingerprint density at radius 1 is 1.38 bits per heavy atom. The van der Waals surface area contributed by atoms with Crippen molar-refractivity contribution in [2.45, 2.75) is 19.8 Å². The van der Waals surface area contributed by atoms with Gasteiger partial charge in [-0.15, -0.1) is 0 Å². The van der Waals surface area contributed by atoms with Gasteiger partial charge in [-0.05, 0) is 60.2 Å². The average molecular weight is 333 g/mol. The summed E-state index contributed by atoms with van der Waals surface area (Å²) >= 11 is 2.27. The minimum absolute atomic E-state index is 0.237. The molecule has 0 aliphatic heterocycles. The summed E-state index contributed by atoms with van der Waals surface area (Å²) in [5.74, 6) is -0.723. The molecule has 4 heteroatoms. The summed E-state index contributed by atoms with van der Waals surface area (Å²) in [5, 5.41) is 8.59. The fraction of sp³-hybridized carbons (Fsp3) is 0.417. The van der Waals surface area contributed by atoms with Crippen LogP contribution in [0.25, 0.3) is 0 Å². The van der Waals surface area contributed by atoms with Crippen molar-refractivity contribution in [1.82, 2.24) is 0 Å². The Labute approximate surface area is 110 Å².